The maximum Gasteiger partial charge on any atom is 0.116 e. The molecule has 1 saturated heterocycles. The number of rotatable bonds is 6. The van der Waals surface area contributed by atoms with Crippen molar-refractivity contribution >= 4 is 0 Å². The molecule has 1 heterocycles. The van der Waals surface area contributed by atoms with Crippen molar-refractivity contribution in [3.63, 3.8) is 0 Å². The number of ether oxygens (including phenoxy) is 1. The van der Waals surface area contributed by atoms with Crippen molar-refractivity contribution in [2.24, 2.45) is 5.41 Å². The minimum Gasteiger partial charge on any atom is -0.378 e. The van der Waals surface area contributed by atoms with E-state index in [0.717, 1.165) is 25.9 Å². The second kappa shape index (κ2) is 6.18. The second-order valence-corrected chi connectivity index (χ2v) is 5.54. The molecule has 1 aliphatic rings. The molecule has 0 unspecified atom stereocenters. The van der Waals surface area contributed by atoms with Gasteiger partial charge >= 0.3 is 0 Å². The molecular weight excluding hydrogens is 236 g/mol. The van der Waals surface area contributed by atoms with Gasteiger partial charge in [-0.2, -0.15) is 5.26 Å². The highest BCUT2D eigenvalue weighted by molar-refractivity contribution is 5.22. The smallest absolute Gasteiger partial charge is 0.116 e. The summed E-state index contributed by atoms with van der Waals surface area (Å²) in [5.74, 6) is 0. The summed E-state index contributed by atoms with van der Waals surface area (Å²) in [5.41, 5.74) is 2.48. The van der Waals surface area contributed by atoms with Crippen molar-refractivity contribution in [1.82, 2.24) is 4.90 Å². The molecule has 0 aromatic heterocycles. The average Bonchev–Trinajstić information content (AvgIpc) is 2.41. The minimum atomic E-state index is -0.263. The van der Waals surface area contributed by atoms with Crippen molar-refractivity contribution in [3.05, 3.63) is 35.4 Å². The van der Waals surface area contributed by atoms with Crippen LogP contribution in [-0.4, -0.2) is 38.3 Å². The number of hydrogen-bond donors (Lipinski definition) is 0. The van der Waals surface area contributed by atoms with Crippen LogP contribution in [0.2, 0.25) is 0 Å². The molecule has 3 heteroatoms. The van der Waals surface area contributed by atoms with Crippen molar-refractivity contribution < 1.29 is 4.74 Å². The minimum absolute atomic E-state index is 0.263. The Morgan fingerprint density at radius 2 is 1.89 bits per heavy atom. The van der Waals surface area contributed by atoms with Crippen molar-refractivity contribution in [3.8, 4) is 6.07 Å². The molecule has 1 aromatic rings. The second-order valence-electron chi connectivity index (χ2n) is 5.54. The van der Waals surface area contributed by atoms with E-state index >= 15 is 0 Å². The molecule has 2 rings (SSSR count). The first-order valence-electron chi connectivity index (χ1n) is 6.93. The SMILES string of the molecule is CCc1ccc(CCN(C)CC2(C#N)COC2)cc1. The number of nitrogens with zero attached hydrogens (tertiary/aromatic N) is 2. The third-order valence-corrected chi connectivity index (χ3v) is 3.78. The van der Waals surface area contributed by atoms with E-state index in [2.05, 4.69) is 49.2 Å². The molecule has 1 fully saturated rings. The summed E-state index contributed by atoms with van der Waals surface area (Å²) in [6, 6.07) is 11.2. The van der Waals surface area contributed by atoms with Gasteiger partial charge in [-0.15, -0.1) is 0 Å². The van der Waals surface area contributed by atoms with Gasteiger partial charge in [-0.05, 0) is 31.0 Å². The van der Waals surface area contributed by atoms with Crippen LogP contribution in [0.4, 0.5) is 0 Å². The maximum absolute atomic E-state index is 9.17. The fourth-order valence-electron chi connectivity index (χ4n) is 2.40. The topological polar surface area (TPSA) is 36.3 Å². The molecule has 0 spiro atoms. The zero-order chi connectivity index (χ0) is 13.7. The predicted octanol–water partition coefficient (Wildman–Crippen LogP) is 2.26. The fraction of sp³-hybridized carbons (Fsp3) is 0.562. The monoisotopic (exact) mass is 258 g/mol. The van der Waals surface area contributed by atoms with Crippen LogP contribution in [0.5, 0.6) is 0 Å². The summed E-state index contributed by atoms with van der Waals surface area (Å²) in [6.45, 7) is 5.12. The Labute approximate surface area is 115 Å². The summed E-state index contributed by atoms with van der Waals surface area (Å²) >= 11 is 0. The van der Waals surface area contributed by atoms with E-state index in [0.29, 0.717) is 13.2 Å². The van der Waals surface area contributed by atoms with Gasteiger partial charge in [-0.25, -0.2) is 0 Å². The van der Waals surface area contributed by atoms with Gasteiger partial charge in [-0.3, -0.25) is 0 Å². The molecule has 0 amide bonds. The molecule has 3 nitrogen and oxygen atoms in total. The van der Waals surface area contributed by atoms with E-state index in [1.165, 1.54) is 11.1 Å². The summed E-state index contributed by atoms with van der Waals surface area (Å²) in [5, 5.41) is 9.17. The fourth-order valence-corrected chi connectivity index (χ4v) is 2.40. The number of hydrogen-bond acceptors (Lipinski definition) is 3. The highest BCUT2D eigenvalue weighted by atomic mass is 16.5. The van der Waals surface area contributed by atoms with Gasteiger partial charge in [0.05, 0.1) is 19.3 Å². The molecule has 0 radical (unpaired) electrons. The van der Waals surface area contributed by atoms with Crippen molar-refractivity contribution in [2.45, 2.75) is 19.8 Å². The van der Waals surface area contributed by atoms with E-state index in [1.54, 1.807) is 0 Å². The van der Waals surface area contributed by atoms with Gasteiger partial charge in [0.2, 0.25) is 0 Å². The summed E-state index contributed by atoms with van der Waals surface area (Å²) in [4.78, 5) is 2.24. The molecule has 102 valence electrons. The quantitative estimate of drug-likeness (QED) is 0.785. The van der Waals surface area contributed by atoms with Crippen LogP contribution < -0.4 is 0 Å². The van der Waals surface area contributed by atoms with Crippen LogP contribution in [0.25, 0.3) is 0 Å². The molecule has 19 heavy (non-hydrogen) atoms. The molecular formula is C16H22N2O. The lowest BCUT2D eigenvalue weighted by Crippen LogP contribution is -2.49. The first-order chi connectivity index (χ1) is 9.17. The van der Waals surface area contributed by atoms with Gasteiger partial charge in [0.25, 0.3) is 0 Å². The van der Waals surface area contributed by atoms with E-state index in [4.69, 9.17) is 4.74 Å². The third kappa shape index (κ3) is 3.56. The lowest BCUT2D eigenvalue weighted by molar-refractivity contribution is -0.0886. The van der Waals surface area contributed by atoms with Gasteiger partial charge in [-0.1, -0.05) is 31.2 Å². The lowest BCUT2D eigenvalue weighted by Gasteiger charge is -2.38. The Morgan fingerprint density at radius 1 is 1.26 bits per heavy atom. The summed E-state index contributed by atoms with van der Waals surface area (Å²) in [7, 11) is 2.08. The lowest BCUT2D eigenvalue weighted by atomic mass is 9.87. The number of aryl methyl sites for hydroxylation is 1. The van der Waals surface area contributed by atoms with E-state index in [9.17, 15) is 5.26 Å². The highest BCUT2D eigenvalue weighted by Gasteiger charge is 2.39. The maximum atomic E-state index is 9.17. The average molecular weight is 258 g/mol. The van der Waals surface area contributed by atoms with Gasteiger partial charge in [0.1, 0.15) is 5.41 Å². The van der Waals surface area contributed by atoms with Crippen LogP contribution in [0, 0.1) is 16.7 Å². The Morgan fingerprint density at radius 3 is 2.37 bits per heavy atom. The standard InChI is InChI=1S/C16H22N2O/c1-3-14-4-6-15(7-5-14)8-9-18(2)11-16(10-17)12-19-13-16/h4-7H,3,8-9,11-13H2,1-2H3. The van der Waals surface area contributed by atoms with Gasteiger partial charge in [0, 0.05) is 13.1 Å². The van der Waals surface area contributed by atoms with Crippen LogP contribution >= 0.6 is 0 Å². The molecule has 0 atom stereocenters. The first-order valence-corrected chi connectivity index (χ1v) is 6.93. The highest BCUT2D eigenvalue weighted by Crippen LogP contribution is 2.27. The Balaban J connectivity index is 1.79. The van der Waals surface area contributed by atoms with E-state index < -0.39 is 0 Å². The Kier molecular flexibility index (Phi) is 4.57. The molecule has 0 bridgehead atoms. The van der Waals surface area contributed by atoms with Gasteiger partial charge in [0.15, 0.2) is 0 Å². The zero-order valence-electron chi connectivity index (χ0n) is 11.9. The summed E-state index contributed by atoms with van der Waals surface area (Å²) < 4.78 is 5.17. The number of likely N-dealkylation sites (N-methyl/N-ethyl adjacent to an activating group) is 1. The van der Waals surface area contributed by atoms with Crippen LogP contribution in [0.3, 0.4) is 0 Å². The molecule has 0 aliphatic carbocycles. The predicted molar refractivity (Wildman–Crippen MR) is 75.9 cm³/mol. The van der Waals surface area contributed by atoms with Crippen LogP contribution in [-0.2, 0) is 17.6 Å². The Bertz CT molecular complexity index is 443. The third-order valence-electron chi connectivity index (χ3n) is 3.78. The molecule has 1 aromatic carbocycles. The van der Waals surface area contributed by atoms with Crippen molar-refractivity contribution in [2.75, 3.05) is 33.4 Å². The molecule has 1 aliphatic heterocycles. The van der Waals surface area contributed by atoms with E-state index in [-0.39, 0.29) is 5.41 Å². The van der Waals surface area contributed by atoms with Crippen molar-refractivity contribution in [1.29, 1.82) is 5.26 Å². The molecule has 0 N–H and O–H groups in total. The number of benzene rings is 1. The largest absolute Gasteiger partial charge is 0.378 e. The van der Waals surface area contributed by atoms with Gasteiger partial charge < -0.3 is 9.64 Å². The first kappa shape index (κ1) is 14.0. The van der Waals surface area contributed by atoms with Crippen LogP contribution in [0.1, 0.15) is 18.1 Å². The van der Waals surface area contributed by atoms with E-state index in [1.807, 2.05) is 0 Å². The Hall–Kier alpha value is -1.37. The van der Waals surface area contributed by atoms with Crippen LogP contribution in [0.15, 0.2) is 24.3 Å². The molecule has 0 saturated carbocycles. The zero-order valence-corrected chi connectivity index (χ0v) is 11.9. The number of nitriles is 1. The normalized spacial score (nSPS) is 16.9. The summed E-state index contributed by atoms with van der Waals surface area (Å²) in [6.07, 6.45) is 2.12.